The van der Waals surface area contributed by atoms with Crippen molar-refractivity contribution in [2.45, 2.75) is 59.4 Å². The van der Waals surface area contributed by atoms with Crippen LogP contribution in [0.25, 0.3) is 0 Å². The van der Waals surface area contributed by atoms with Gasteiger partial charge >= 0.3 is 0 Å². The van der Waals surface area contributed by atoms with Crippen molar-refractivity contribution in [3.63, 3.8) is 0 Å². The molecule has 2 saturated carbocycles. The standard InChI is InChI=1S/C25H30FN3O3/c1-13-9-25(10-13)11-18(12-25)28-24(32)22(30)21-15(3)20(16(4)29(21)5)23(31)27-17-6-7-19(26)14(2)8-17/h6-8,13,18H,9-12H2,1-5H3,(H,27,31)(H,28,32). The number of hydrogen-bond acceptors (Lipinski definition) is 3. The van der Waals surface area contributed by atoms with Gasteiger partial charge < -0.3 is 15.2 Å². The summed E-state index contributed by atoms with van der Waals surface area (Å²) in [6.07, 6.45) is 4.28. The van der Waals surface area contributed by atoms with Gasteiger partial charge in [-0.05, 0) is 87.1 Å². The van der Waals surface area contributed by atoms with Crippen LogP contribution in [0.1, 0.15) is 70.3 Å². The molecule has 0 radical (unpaired) electrons. The van der Waals surface area contributed by atoms with E-state index in [2.05, 4.69) is 17.6 Å². The lowest BCUT2D eigenvalue weighted by Crippen LogP contribution is -2.56. The summed E-state index contributed by atoms with van der Waals surface area (Å²) < 4.78 is 15.1. The molecule has 2 amide bonds. The van der Waals surface area contributed by atoms with Crippen LogP contribution >= 0.6 is 0 Å². The summed E-state index contributed by atoms with van der Waals surface area (Å²) in [6, 6.07) is 4.38. The molecule has 170 valence electrons. The summed E-state index contributed by atoms with van der Waals surface area (Å²) in [5.41, 5.74) is 2.86. The fourth-order valence-corrected chi connectivity index (χ4v) is 5.75. The van der Waals surface area contributed by atoms with Gasteiger partial charge in [0.2, 0.25) is 0 Å². The summed E-state index contributed by atoms with van der Waals surface area (Å²) >= 11 is 0. The normalized spacial score (nSPS) is 23.9. The highest BCUT2D eigenvalue weighted by Crippen LogP contribution is 2.58. The Kier molecular flexibility index (Phi) is 5.47. The van der Waals surface area contributed by atoms with E-state index in [1.807, 2.05) is 0 Å². The van der Waals surface area contributed by atoms with Crippen LogP contribution in [0.15, 0.2) is 18.2 Å². The number of aromatic nitrogens is 1. The Morgan fingerprint density at radius 2 is 1.75 bits per heavy atom. The zero-order valence-electron chi connectivity index (χ0n) is 19.3. The number of hydrogen-bond donors (Lipinski definition) is 2. The number of Topliss-reactive ketones (excluding diaryl/α,β-unsaturated/α-hetero) is 1. The highest BCUT2D eigenvalue weighted by molar-refractivity contribution is 6.43. The monoisotopic (exact) mass is 439 g/mol. The zero-order chi connectivity index (χ0) is 23.4. The molecule has 2 N–H and O–H groups in total. The van der Waals surface area contributed by atoms with Crippen LogP contribution in [-0.4, -0.2) is 28.2 Å². The molecule has 0 saturated heterocycles. The first-order valence-electron chi connectivity index (χ1n) is 11.1. The molecule has 1 aromatic heterocycles. The fourth-order valence-electron chi connectivity index (χ4n) is 5.75. The Labute approximate surface area is 187 Å². The average Bonchev–Trinajstić information content (AvgIpc) is 2.90. The van der Waals surface area contributed by atoms with Gasteiger partial charge in [0.25, 0.3) is 17.6 Å². The Morgan fingerprint density at radius 1 is 1.09 bits per heavy atom. The number of rotatable bonds is 5. The first kappa shape index (κ1) is 22.2. The number of halogens is 1. The highest BCUT2D eigenvalue weighted by atomic mass is 19.1. The van der Waals surface area contributed by atoms with Crippen LogP contribution in [-0.2, 0) is 11.8 Å². The van der Waals surface area contributed by atoms with Crippen molar-refractivity contribution in [1.82, 2.24) is 9.88 Å². The fraction of sp³-hybridized carbons (Fsp3) is 0.480. The van der Waals surface area contributed by atoms with Crippen LogP contribution in [0.3, 0.4) is 0 Å². The Bertz CT molecular complexity index is 1120. The van der Waals surface area contributed by atoms with E-state index in [0.29, 0.717) is 33.5 Å². The number of amides is 2. The molecule has 4 rings (SSSR count). The molecule has 0 aliphatic heterocycles. The van der Waals surface area contributed by atoms with Crippen molar-refractivity contribution < 1.29 is 18.8 Å². The molecule has 32 heavy (non-hydrogen) atoms. The molecule has 1 spiro atoms. The number of carbonyl (C=O) groups excluding carboxylic acids is 3. The van der Waals surface area contributed by atoms with Gasteiger partial charge in [-0.15, -0.1) is 0 Å². The summed E-state index contributed by atoms with van der Waals surface area (Å²) in [5, 5.41) is 5.64. The van der Waals surface area contributed by atoms with E-state index in [1.54, 1.807) is 38.5 Å². The number of aryl methyl sites for hydroxylation is 1. The molecule has 7 heteroatoms. The van der Waals surface area contributed by atoms with E-state index < -0.39 is 17.6 Å². The molecule has 2 fully saturated rings. The largest absolute Gasteiger partial charge is 0.346 e. The van der Waals surface area contributed by atoms with Crippen molar-refractivity contribution >= 4 is 23.3 Å². The van der Waals surface area contributed by atoms with E-state index in [0.717, 1.165) is 18.8 Å². The molecule has 1 aromatic carbocycles. The molecular formula is C25H30FN3O3. The van der Waals surface area contributed by atoms with Crippen LogP contribution in [0, 0.1) is 37.9 Å². The first-order chi connectivity index (χ1) is 15.0. The predicted molar refractivity (Wildman–Crippen MR) is 120 cm³/mol. The lowest BCUT2D eigenvalue weighted by Gasteiger charge is -2.57. The van der Waals surface area contributed by atoms with Crippen LogP contribution in [0.5, 0.6) is 0 Å². The smallest absolute Gasteiger partial charge is 0.294 e. The van der Waals surface area contributed by atoms with Crippen molar-refractivity contribution in [3.8, 4) is 0 Å². The average molecular weight is 440 g/mol. The lowest BCUT2D eigenvalue weighted by molar-refractivity contribution is -0.121. The van der Waals surface area contributed by atoms with Crippen molar-refractivity contribution in [2.75, 3.05) is 5.32 Å². The van der Waals surface area contributed by atoms with Crippen LogP contribution in [0.4, 0.5) is 10.1 Å². The second-order valence-electron chi connectivity index (χ2n) is 9.83. The van der Waals surface area contributed by atoms with Crippen molar-refractivity contribution in [3.05, 3.63) is 52.1 Å². The van der Waals surface area contributed by atoms with E-state index in [4.69, 9.17) is 0 Å². The van der Waals surface area contributed by atoms with E-state index in [9.17, 15) is 18.8 Å². The second kappa shape index (κ2) is 7.87. The highest BCUT2D eigenvalue weighted by Gasteiger charge is 2.51. The third-order valence-electron chi connectivity index (χ3n) is 7.25. The number of ketones is 1. The Morgan fingerprint density at radius 3 is 2.34 bits per heavy atom. The van der Waals surface area contributed by atoms with Crippen molar-refractivity contribution in [1.29, 1.82) is 0 Å². The molecule has 0 unspecified atom stereocenters. The minimum Gasteiger partial charge on any atom is -0.346 e. The summed E-state index contributed by atoms with van der Waals surface area (Å²) in [5.74, 6) is -1.25. The van der Waals surface area contributed by atoms with Gasteiger partial charge in [-0.2, -0.15) is 0 Å². The van der Waals surface area contributed by atoms with E-state index in [1.165, 1.54) is 25.0 Å². The van der Waals surface area contributed by atoms with Crippen LogP contribution in [0.2, 0.25) is 0 Å². The maximum absolute atomic E-state index is 13.5. The van der Waals surface area contributed by atoms with Gasteiger partial charge in [0, 0.05) is 24.5 Å². The molecule has 2 aromatic rings. The van der Waals surface area contributed by atoms with Crippen molar-refractivity contribution in [2.24, 2.45) is 18.4 Å². The molecule has 2 aliphatic rings. The maximum atomic E-state index is 13.5. The molecule has 6 nitrogen and oxygen atoms in total. The third-order valence-corrected chi connectivity index (χ3v) is 7.25. The van der Waals surface area contributed by atoms with Gasteiger partial charge in [-0.25, -0.2) is 4.39 Å². The summed E-state index contributed by atoms with van der Waals surface area (Å²) in [4.78, 5) is 38.6. The molecule has 0 bridgehead atoms. The molecule has 2 aliphatic carbocycles. The van der Waals surface area contributed by atoms with Gasteiger partial charge in [0.1, 0.15) is 5.82 Å². The van der Waals surface area contributed by atoms with Gasteiger partial charge in [0.15, 0.2) is 0 Å². The Hall–Kier alpha value is -2.96. The van der Waals surface area contributed by atoms with Crippen LogP contribution < -0.4 is 10.6 Å². The number of anilines is 1. The van der Waals surface area contributed by atoms with Gasteiger partial charge in [-0.3, -0.25) is 14.4 Å². The third kappa shape index (κ3) is 3.74. The maximum Gasteiger partial charge on any atom is 0.294 e. The molecule has 1 heterocycles. The quantitative estimate of drug-likeness (QED) is 0.541. The topological polar surface area (TPSA) is 80.2 Å². The summed E-state index contributed by atoms with van der Waals surface area (Å²) in [6.45, 7) is 7.27. The predicted octanol–water partition coefficient (Wildman–Crippen LogP) is 4.22. The number of benzene rings is 1. The number of carbonyl (C=O) groups is 3. The van der Waals surface area contributed by atoms with E-state index in [-0.39, 0.29) is 17.6 Å². The minimum atomic E-state index is -0.632. The van der Waals surface area contributed by atoms with E-state index >= 15 is 0 Å². The SMILES string of the molecule is Cc1cc(NC(=O)c2c(C)c(C(=O)C(=O)NC3CC4(CC(C)C4)C3)n(C)c2C)ccc1F. The first-order valence-corrected chi connectivity index (χ1v) is 11.1. The van der Waals surface area contributed by atoms with Gasteiger partial charge in [-0.1, -0.05) is 6.92 Å². The second-order valence-corrected chi connectivity index (χ2v) is 9.83. The lowest BCUT2D eigenvalue weighted by atomic mass is 9.50. The summed E-state index contributed by atoms with van der Waals surface area (Å²) in [7, 11) is 1.68. The number of nitrogens with zero attached hydrogens (tertiary/aromatic N) is 1. The minimum absolute atomic E-state index is 0.0464. The Balaban J connectivity index is 1.48. The van der Waals surface area contributed by atoms with Gasteiger partial charge in [0.05, 0.1) is 11.3 Å². The zero-order valence-corrected chi connectivity index (χ0v) is 19.3. The molecule has 0 atom stereocenters. The molecular weight excluding hydrogens is 409 g/mol. The number of nitrogens with one attached hydrogen (secondary N) is 2.